The van der Waals surface area contributed by atoms with E-state index < -0.39 is 0 Å². The number of nitrogens with zero attached hydrogens (tertiary/aromatic N) is 1. The maximum absolute atomic E-state index is 13.3. The molecule has 0 aliphatic rings. The molecule has 0 aliphatic heterocycles. The van der Waals surface area contributed by atoms with Crippen molar-refractivity contribution in [3.8, 4) is 0 Å². The molecule has 102 valence electrons. The average molecular weight is 282 g/mol. The molecule has 0 spiro atoms. The third-order valence-electron chi connectivity index (χ3n) is 2.43. The smallest absolute Gasteiger partial charge is 0.260 e. The van der Waals surface area contributed by atoms with E-state index in [1.165, 1.54) is 30.2 Å². The lowest BCUT2D eigenvalue weighted by atomic mass is 10.2. The third kappa shape index (κ3) is 4.34. The van der Waals surface area contributed by atoms with Crippen LogP contribution in [0.5, 0.6) is 0 Å². The van der Waals surface area contributed by atoms with E-state index in [1.807, 2.05) is 0 Å². The van der Waals surface area contributed by atoms with Crippen molar-refractivity contribution >= 4 is 11.8 Å². The fourth-order valence-electron chi connectivity index (χ4n) is 1.54. The predicted octanol–water partition coefficient (Wildman–Crippen LogP) is 2.70. The Kier molecular flexibility index (Phi) is 5.38. The van der Waals surface area contributed by atoms with E-state index in [0.717, 1.165) is 17.0 Å². The van der Waals surface area contributed by atoms with Gasteiger partial charge in [-0.1, -0.05) is 0 Å². The molecule has 0 bridgehead atoms. The summed E-state index contributed by atoms with van der Waals surface area (Å²) in [5.41, 5.74) is 0.874. The highest BCUT2D eigenvalue weighted by atomic mass is 32.2. The van der Waals surface area contributed by atoms with Crippen molar-refractivity contribution in [2.24, 2.45) is 0 Å². The summed E-state index contributed by atoms with van der Waals surface area (Å²) in [4.78, 5) is 4.97. The van der Waals surface area contributed by atoms with Gasteiger partial charge < -0.3 is 14.5 Å². The Morgan fingerprint density at radius 3 is 3.11 bits per heavy atom. The van der Waals surface area contributed by atoms with E-state index in [9.17, 15) is 4.39 Å². The molecule has 4 nitrogen and oxygen atoms in total. The number of benzene rings is 1. The zero-order valence-electron chi connectivity index (χ0n) is 10.6. The van der Waals surface area contributed by atoms with Crippen LogP contribution in [-0.4, -0.2) is 25.2 Å². The largest absolute Gasteiger partial charge is 0.440 e. The standard InChI is InChI=1S/C13H15FN2O2S/c1-17-6-4-15-9-10-8-11(14)2-3-12(10)19-13-16-5-7-18-13/h2-3,5,7-8,15H,4,6,9H2,1H3. The molecule has 0 fully saturated rings. The van der Waals surface area contributed by atoms with Crippen LogP contribution in [0, 0.1) is 5.82 Å². The van der Waals surface area contributed by atoms with E-state index in [0.29, 0.717) is 18.4 Å². The van der Waals surface area contributed by atoms with Gasteiger partial charge in [0.2, 0.25) is 0 Å². The molecule has 0 aliphatic carbocycles. The van der Waals surface area contributed by atoms with Crippen LogP contribution in [0.4, 0.5) is 4.39 Å². The van der Waals surface area contributed by atoms with Gasteiger partial charge in [-0.3, -0.25) is 0 Å². The molecule has 1 heterocycles. The second kappa shape index (κ2) is 7.28. The van der Waals surface area contributed by atoms with E-state index in [4.69, 9.17) is 9.15 Å². The van der Waals surface area contributed by atoms with Gasteiger partial charge in [-0.15, -0.1) is 0 Å². The highest BCUT2D eigenvalue weighted by Crippen LogP contribution is 2.29. The van der Waals surface area contributed by atoms with Crippen molar-refractivity contribution in [1.82, 2.24) is 10.3 Å². The van der Waals surface area contributed by atoms with Gasteiger partial charge in [-0.25, -0.2) is 9.37 Å². The summed E-state index contributed by atoms with van der Waals surface area (Å²) in [6, 6.07) is 4.69. The van der Waals surface area contributed by atoms with E-state index in [2.05, 4.69) is 10.3 Å². The van der Waals surface area contributed by atoms with E-state index in [-0.39, 0.29) is 5.82 Å². The Morgan fingerprint density at radius 1 is 1.47 bits per heavy atom. The minimum absolute atomic E-state index is 0.250. The molecule has 19 heavy (non-hydrogen) atoms. The van der Waals surface area contributed by atoms with Crippen LogP contribution in [-0.2, 0) is 11.3 Å². The molecule has 1 N–H and O–H groups in total. The lowest BCUT2D eigenvalue weighted by Crippen LogP contribution is -2.19. The van der Waals surface area contributed by atoms with Crippen LogP contribution in [0.15, 0.2) is 45.2 Å². The molecule has 0 saturated heterocycles. The molecular weight excluding hydrogens is 267 g/mol. The van der Waals surface area contributed by atoms with Gasteiger partial charge in [0.25, 0.3) is 5.22 Å². The van der Waals surface area contributed by atoms with Crippen molar-refractivity contribution in [1.29, 1.82) is 0 Å². The zero-order valence-corrected chi connectivity index (χ0v) is 11.4. The topological polar surface area (TPSA) is 47.3 Å². The fraction of sp³-hybridized carbons (Fsp3) is 0.308. The van der Waals surface area contributed by atoms with Crippen molar-refractivity contribution in [3.05, 3.63) is 42.0 Å². The minimum atomic E-state index is -0.250. The Balaban J connectivity index is 2.04. The molecule has 1 aromatic carbocycles. The highest BCUT2D eigenvalue weighted by molar-refractivity contribution is 7.99. The van der Waals surface area contributed by atoms with Gasteiger partial charge in [-0.2, -0.15) is 0 Å². The second-order valence-corrected chi connectivity index (χ2v) is 4.81. The lowest BCUT2D eigenvalue weighted by Gasteiger charge is -2.09. The maximum atomic E-state index is 13.3. The summed E-state index contributed by atoms with van der Waals surface area (Å²) in [7, 11) is 1.65. The molecular formula is C13H15FN2O2S. The van der Waals surface area contributed by atoms with Crippen LogP contribution in [0.2, 0.25) is 0 Å². The summed E-state index contributed by atoms with van der Waals surface area (Å²) in [5, 5.41) is 3.74. The number of hydrogen-bond donors (Lipinski definition) is 1. The van der Waals surface area contributed by atoms with E-state index >= 15 is 0 Å². The first-order chi connectivity index (χ1) is 9.29. The van der Waals surface area contributed by atoms with Crippen LogP contribution >= 0.6 is 11.8 Å². The van der Waals surface area contributed by atoms with Gasteiger partial charge >= 0.3 is 0 Å². The fourth-order valence-corrected chi connectivity index (χ4v) is 2.34. The molecule has 0 amide bonds. The molecule has 6 heteroatoms. The number of oxazole rings is 1. The zero-order chi connectivity index (χ0) is 13.5. The first kappa shape index (κ1) is 14.0. The Hall–Kier alpha value is -1.37. The summed E-state index contributed by atoms with van der Waals surface area (Å²) in [6.07, 6.45) is 3.10. The third-order valence-corrected chi connectivity index (χ3v) is 3.42. The van der Waals surface area contributed by atoms with Gasteiger partial charge in [0, 0.05) is 25.1 Å². The molecule has 0 radical (unpaired) electrons. The SMILES string of the molecule is COCCNCc1cc(F)ccc1Sc1ncco1. The van der Waals surface area contributed by atoms with Crippen molar-refractivity contribution in [2.75, 3.05) is 20.3 Å². The number of rotatable bonds is 7. The summed E-state index contributed by atoms with van der Waals surface area (Å²) < 4.78 is 23.4. The number of nitrogens with one attached hydrogen (secondary N) is 1. The number of halogens is 1. The number of methoxy groups -OCH3 is 1. The van der Waals surface area contributed by atoms with Crippen LogP contribution in [0.3, 0.4) is 0 Å². The average Bonchev–Trinajstić information content (AvgIpc) is 2.90. The molecule has 0 atom stereocenters. The van der Waals surface area contributed by atoms with Crippen molar-refractivity contribution in [2.45, 2.75) is 16.7 Å². The molecule has 0 unspecified atom stereocenters. The Labute approximate surface area is 115 Å². The Bertz CT molecular complexity index is 505. The summed E-state index contributed by atoms with van der Waals surface area (Å²) in [6.45, 7) is 1.91. The second-order valence-electron chi connectivity index (χ2n) is 3.82. The van der Waals surface area contributed by atoms with E-state index in [1.54, 1.807) is 19.4 Å². The highest BCUT2D eigenvalue weighted by Gasteiger charge is 2.08. The first-order valence-corrected chi connectivity index (χ1v) is 6.66. The predicted molar refractivity (Wildman–Crippen MR) is 70.6 cm³/mol. The number of hydrogen-bond acceptors (Lipinski definition) is 5. The van der Waals surface area contributed by atoms with Crippen molar-refractivity contribution in [3.63, 3.8) is 0 Å². The monoisotopic (exact) mass is 282 g/mol. The summed E-state index contributed by atoms with van der Waals surface area (Å²) >= 11 is 1.38. The number of aromatic nitrogens is 1. The van der Waals surface area contributed by atoms with Crippen LogP contribution < -0.4 is 5.32 Å². The molecule has 0 saturated carbocycles. The normalized spacial score (nSPS) is 10.8. The molecule has 2 rings (SSSR count). The van der Waals surface area contributed by atoms with Crippen LogP contribution in [0.25, 0.3) is 0 Å². The Morgan fingerprint density at radius 2 is 2.37 bits per heavy atom. The molecule has 1 aromatic heterocycles. The summed E-state index contributed by atoms with van der Waals surface area (Å²) in [5.74, 6) is -0.250. The quantitative estimate of drug-likeness (QED) is 0.791. The van der Waals surface area contributed by atoms with Gasteiger partial charge in [-0.05, 0) is 35.5 Å². The molecule has 2 aromatic rings. The van der Waals surface area contributed by atoms with Gasteiger partial charge in [0.05, 0.1) is 12.8 Å². The lowest BCUT2D eigenvalue weighted by molar-refractivity contribution is 0.199. The number of ether oxygens (including phenoxy) is 1. The minimum Gasteiger partial charge on any atom is -0.440 e. The van der Waals surface area contributed by atoms with Crippen LogP contribution in [0.1, 0.15) is 5.56 Å². The maximum Gasteiger partial charge on any atom is 0.260 e. The first-order valence-electron chi connectivity index (χ1n) is 5.85. The van der Waals surface area contributed by atoms with Gasteiger partial charge in [0.1, 0.15) is 12.1 Å². The van der Waals surface area contributed by atoms with Gasteiger partial charge in [0.15, 0.2) is 0 Å². The van der Waals surface area contributed by atoms with Crippen molar-refractivity contribution < 1.29 is 13.5 Å².